The van der Waals surface area contributed by atoms with Crippen LogP contribution in [0.3, 0.4) is 0 Å². The molecule has 3 heterocycles. The lowest BCUT2D eigenvalue weighted by atomic mass is 10.2. The standard InChI is InChI=1S/C19H33N5/c1-18-5-2-6-19(21-18)17-24-11-4-10-22-12-8-20-7-3-9-23(14-13-22)15-16-24/h2,5-6,20H,3-4,7-17H2,1H3. The van der Waals surface area contributed by atoms with Crippen molar-refractivity contribution in [1.82, 2.24) is 25.0 Å². The molecular formula is C19H33N5. The Labute approximate surface area is 147 Å². The Kier molecular flexibility index (Phi) is 7.02. The Bertz CT molecular complexity index is 492. The van der Waals surface area contributed by atoms with Gasteiger partial charge in [0.2, 0.25) is 0 Å². The van der Waals surface area contributed by atoms with E-state index in [1.54, 1.807) is 0 Å². The van der Waals surface area contributed by atoms with Gasteiger partial charge in [-0.1, -0.05) is 6.07 Å². The summed E-state index contributed by atoms with van der Waals surface area (Å²) in [5.74, 6) is 0. The third-order valence-corrected chi connectivity index (χ3v) is 5.18. The van der Waals surface area contributed by atoms with E-state index in [9.17, 15) is 0 Å². The van der Waals surface area contributed by atoms with Gasteiger partial charge in [-0.25, -0.2) is 0 Å². The van der Waals surface area contributed by atoms with Gasteiger partial charge < -0.3 is 15.1 Å². The van der Waals surface area contributed by atoms with Crippen molar-refractivity contribution in [1.29, 1.82) is 0 Å². The van der Waals surface area contributed by atoms with Gasteiger partial charge in [0.1, 0.15) is 0 Å². The van der Waals surface area contributed by atoms with Crippen LogP contribution in [0.5, 0.6) is 0 Å². The van der Waals surface area contributed by atoms with Gasteiger partial charge in [0.25, 0.3) is 0 Å². The van der Waals surface area contributed by atoms with Crippen LogP contribution in [-0.4, -0.2) is 85.1 Å². The van der Waals surface area contributed by atoms with E-state index in [2.05, 4.69) is 45.1 Å². The second kappa shape index (κ2) is 9.47. The summed E-state index contributed by atoms with van der Waals surface area (Å²) in [4.78, 5) is 12.6. The molecule has 2 bridgehead atoms. The first-order chi connectivity index (χ1) is 11.8. The maximum Gasteiger partial charge on any atom is 0.0547 e. The van der Waals surface area contributed by atoms with E-state index < -0.39 is 0 Å². The van der Waals surface area contributed by atoms with E-state index in [0.717, 1.165) is 31.9 Å². The lowest BCUT2D eigenvalue weighted by molar-refractivity contribution is 0.140. The number of hydrogen-bond acceptors (Lipinski definition) is 5. The number of hydrogen-bond donors (Lipinski definition) is 1. The molecule has 1 aromatic rings. The van der Waals surface area contributed by atoms with Gasteiger partial charge in [-0.15, -0.1) is 0 Å². The number of rotatable bonds is 2. The minimum Gasteiger partial charge on any atom is -0.315 e. The first kappa shape index (κ1) is 17.8. The zero-order valence-electron chi connectivity index (χ0n) is 15.2. The highest BCUT2D eigenvalue weighted by atomic mass is 15.2. The van der Waals surface area contributed by atoms with Crippen molar-refractivity contribution in [2.45, 2.75) is 26.3 Å². The van der Waals surface area contributed by atoms with E-state index in [-0.39, 0.29) is 0 Å². The molecule has 0 radical (unpaired) electrons. The van der Waals surface area contributed by atoms with Crippen molar-refractivity contribution in [2.75, 3.05) is 65.4 Å². The molecule has 0 aromatic carbocycles. The number of fused-ring (bicyclic) bond motifs is 3. The van der Waals surface area contributed by atoms with Crippen LogP contribution < -0.4 is 5.32 Å². The minimum atomic E-state index is 0.983. The van der Waals surface area contributed by atoms with E-state index in [1.165, 1.54) is 64.3 Å². The van der Waals surface area contributed by atoms with E-state index in [1.807, 2.05) is 0 Å². The van der Waals surface area contributed by atoms with Gasteiger partial charge in [-0.2, -0.15) is 0 Å². The van der Waals surface area contributed by atoms with E-state index in [0.29, 0.717) is 0 Å². The normalized spacial score (nSPS) is 27.7. The topological polar surface area (TPSA) is 34.6 Å². The molecule has 2 aliphatic heterocycles. The van der Waals surface area contributed by atoms with Crippen LogP contribution in [0.15, 0.2) is 18.2 Å². The van der Waals surface area contributed by atoms with Gasteiger partial charge in [0.15, 0.2) is 0 Å². The predicted molar refractivity (Wildman–Crippen MR) is 99.2 cm³/mol. The summed E-state index contributed by atoms with van der Waals surface area (Å²) in [6, 6.07) is 6.38. The highest BCUT2D eigenvalue weighted by Gasteiger charge is 2.16. The molecule has 2 saturated heterocycles. The quantitative estimate of drug-likeness (QED) is 0.881. The van der Waals surface area contributed by atoms with E-state index in [4.69, 9.17) is 4.98 Å². The maximum absolute atomic E-state index is 4.70. The van der Waals surface area contributed by atoms with E-state index >= 15 is 0 Å². The molecule has 2 fully saturated rings. The smallest absolute Gasteiger partial charge is 0.0547 e. The Hall–Kier alpha value is -1.01. The molecule has 0 saturated carbocycles. The summed E-state index contributed by atoms with van der Waals surface area (Å²) in [5, 5.41) is 3.58. The molecule has 1 N–H and O–H groups in total. The van der Waals surface area contributed by atoms with Crippen molar-refractivity contribution >= 4 is 0 Å². The van der Waals surface area contributed by atoms with Gasteiger partial charge in [0.05, 0.1) is 5.69 Å². The van der Waals surface area contributed by atoms with Crippen molar-refractivity contribution in [3.8, 4) is 0 Å². The van der Waals surface area contributed by atoms with Crippen molar-refractivity contribution in [3.63, 3.8) is 0 Å². The van der Waals surface area contributed by atoms with Crippen LogP contribution >= 0.6 is 0 Å². The second-order valence-electron chi connectivity index (χ2n) is 7.19. The summed E-state index contributed by atoms with van der Waals surface area (Å²) in [6.45, 7) is 14.9. The molecule has 1 aromatic heterocycles. The molecule has 24 heavy (non-hydrogen) atoms. The minimum absolute atomic E-state index is 0.983. The van der Waals surface area contributed by atoms with Gasteiger partial charge in [-0.05, 0) is 58.1 Å². The molecule has 5 heteroatoms. The van der Waals surface area contributed by atoms with Gasteiger partial charge in [0, 0.05) is 51.5 Å². The molecule has 0 aliphatic carbocycles. The molecule has 0 spiro atoms. The monoisotopic (exact) mass is 331 g/mol. The Balaban J connectivity index is 1.62. The molecule has 2 unspecified atom stereocenters. The highest BCUT2D eigenvalue weighted by molar-refractivity contribution is 5.09. The van der Waals surface area contributed by atoms with Crippen LogP contribution in [0.4, 0.5) is 0 Å². The molecule has 2 aliphatic rings. The van der Waals surface area contributed by atoms with Gasteiger partial charge in [-0.3, -0.25) is 9.88 Å². The van der Waals surface area contributed by atoms with Crippen LogP contribution in [0.25, 0.3) is 0 Å². The average molecular weight is 332 g/mol. The molecule has 2 atom stereocenters. The lowest BCUT2D eigenvalue weighted by Gasteiger charge is -2.33. The number of nitrogens with zero attached hydrogens (tertiary/aromatic N) is 4. The largest absolute Gasteiger partial charge is 0.315 e. The first-order valence-electron chi connectivity index (χ1n) is 9.60. The summed E-state index contributed by atoms with van der Waals surface area (Å²) in [6.07, 6.45) is 2.52. The van der Waals surface area contributed by atoms with Crippen LogP contribution in [-0.2, 0) is 6.54 Å². The summed E-state index contributed by atoms with van der Waals surface area (Å²) >= 11 is 0. The molecule has 134 valence electrons. The molecule has 3 rings (SSSR count). The van der Waals surface area contributed by atoms with Crippen LogP contribution in [0, 0.1) is 6.92 Å². The fourth-order valence-electron chi connectivity index (χ4n) is 3.73. The summed E-state index contributed by atoms with van der Waals surface area (Å²) < 4.78 is 0. The Morgan fingerprint density at radius 3 is 2.54 bits per heavy atom. The fourth-order valence-corrected chi connectivity index (χ4v) is 3.73. The maximum atomic E-state index is 4.70. The van der Waals surface area contributed by atoms with Crippen molar-refractivity contribution in [2.24, 2.45) is 0 Å². The number of nitrogens with one attached hydrogen (secondary N) is 1. The SMILES string of the molecule is Cc1cccc(CN2CCCN3CCNCCCN(CC3)CC2)n1. The number of aromatic nitrogens is 1. The fraction of sp³-hybridized carbons (Fsp3) is 0.737. The Morgan fingerprint density at radius 1 is 0.875 bits per heavy atom. The number of aryl methyl sites for hydroxylation is 1. The van der Waals surface area contributed by atoms with Crippen LogP contribution in [0.2, 0.25) is 0 Å². The third kappa shape index (κ3) is 5.81. The number of pyridine rings is 1. The predicted octanol–water partition coefficient (Wildman–Crippen LogP) is 1.19. The Morgan fingerprint density at radius 2 is 1.67 bits per heavy atom. The van der Waals surface area contributed by atoms with Crippen molar-refractivity contribution < 1.29 is 0 Å². The lowest BCUT2D eigenvalue weighted by Crippen LogP contribution is -2.46. The highest BCUT2D eigenvalue weighted by Crippen LogP contribution is 2.08. The summed E-state index contributed by atoms with van der Waals surface area (Å²) in [7, 11) is 0. The third-order valence-electron chi connectivity index (χ3n) is 5.18. The second-order valence-corrected chi connectivity index (χ2v) is 7.19. The van der Waals surface area contributed by atoms with Crippen LogP contribution in [0.1, 0.15) is 24.2 Å². The molecular weight excluding hydrogens is 298 g/mol. The zero-order valence-corrected chi connectivity index (χ0v) is 15.2. The molecule has 0 amide bonds. The molecule has 5 nitrogen and oxygen atoms in total. The average Bonchev–Trinajstić information content (AvgIpc) is 2.59. The van der Waals surface area contributed by atoms with Gasteiger partial charge >= 0.3 is 0 Å². The summed E-state index contributed by atoms with van der Waals surface area (Å²) in [5.41, 5.74) is 2.33. The zero-order chi connectivity index (χ0) is 16.6. The van der Waals surface area contributed by atoms with Crippen molar-refractivity contribution in [3.05, 3.63) is 29.6 Å². The first-order valence-corrected chi connectivity index (χ1v) is 9.60.